The predicted molar refractivity (Wildman–Crippen MR) is 109 cm³/mol. The molecule has 1 aliphatic rings. The SMILES string of the molecule is CC/C=C\C/C=C\C[C@H](O)[C@H]1C[C@H](O)[C@H](/C=C/[C@H](O)C/C=C\CCC(=O)O)O1. The van der Waals surface area contributed by atoms with Crippen LogP contribution >= 0.6 is 0 Å². The lowest BCUT2D eigenvalue weighted by atomic mass is 10.0. The number of carboxylic acid groups (broad SMARTS) is 1. The fourth-order valence-corrected chi connectivity index (χ4v) is 2.84. The third-order valence-electron chi connectivity index (χ3n) is 4.42. The van der Waals surface area contributed by atoms with Gasteiger partial charge in [-0.3, -0.25) is 4.79 Å². The molecule has 28 heavy (non-hydrogen) atoms. The molecule has 1 aliphatic heterocycles. The Morgan fingerprint density at radius 3 is 2.54 bits per heavy atom. The second-order valence-corrected chi connectivity index (χ2v) is 6.92. The minimum atomic E-state index is -0.849. The normalized spacial score (nSPS) is 25.5. The van der Waals surface area contributed by atoms with Crippen LogP contribution in [0.5, 0.6) is 0 Å². The van der Waals surface area contributed by atoms with Gasteiger partial charge in [0.25, 0.3) is 0 Å². The molecule has 1 fully saturated rings. The fourth-order valence-electron chi connectivity index (χ4n) is 2.84. The van der Waals surface area contributed by atoms with Crippen molar-refractivity contribution in [2.45, 2.75) is 82.4 Å². The number of aliphatic carboxylic acids is 1. The molecule has 0 aromatic carbocycles. The third kappa shape index (κ3) is 10.6. The smallest absolute Gasteiger partial charge is 0.303 e. The van der Waals surface area contributed by atoms with Crippen LogP contribution in [0, 0.1) is 0 Å². The number of aliphatic hydroxyl groups excluding tert-OH is 3. The molecule has 6 nitrogen and oxygen atoms in total. The second kappa shape index (κ2) is 14.3. The van der Waals surface area contributed by atoms with Gasteiger partial charge in [-0.15, -0.1) is 0 Å². The summed E-state index contributed by atoms with van der Waals surface area (Å²) in [7, 11) is 0. The average Bonchev–Trinajstić information content (AvgIpc) is 3.03. The molecule has 0 unspecified atom stereocenters. The molecular weight excluding hydrogens is 360 g/mol. The molecule has 0 aromatic rings. The average molecular weight is 395 g/mol. The fraction of sp³-hybridized carbons (Fsp3) is 0.591. The highest BCUT2D eigenvalue weighted by atomic mass is 16.5. The molecule has 5 atom stereocenters. The van der Waals surface area contributed by atoms with E-state index in [0.717, 1.165) is 12.8 Å². The summed E-state index contributed by atoms with van der Waals surface area (Å²) in [5.74, 6) is -0.849. The molecule has 0 aromatic heterocycles. The Balaban J connectivity index is 2.34. The summed E-state index contributed by atoms with van der Waals surface area (Å²) in [4.78, 5) is 10.4. The summed E-state index contributed by atoms with van der Waals surface area (Å²) in [5.41, 5.74) is 0. The molecule has 1 rings (SSSR count). The Morgan fingerprint density at radius 2 is 1.82 bits per heavy atom. The summed E-state index contributed by atoms with van der Waals surface area (Å²) in [6.07, 6.45) is 15.1. The first-order valence-electron chi connectivity index (χ1n) is 9.98. The van der Waals surface area contributed by atoms with Crippen LogP contribution < -0.4 is 0 Å². The van der Waals surface area contributed by atoms with E-state index in [1.807, 2.05) is 12.2 Å². The number of hydrogen-bond acceptors (Lipinski definition) is 5. The van der Waals surface area contributed by atoms with Gasteiger partial charge in [0.1, 0.15) is 6.10 Å². The minimum Gasteiger partial charge on any atom is -0.481 e. The Morgan fingerprint density at radius 1 is 1.11 bits per heavy atom. The highest BCUT2D eigenvalue weighted by molar-refractivity contribution is 5.66. The van der Waals surface area contributed by atoms with Crippen molar-refractivity contribution < 1.29 is 30.0 Å². The summed E-state index contributed by atoms with van der Waals surface area (Å²) in [6.45, 7) is 2.08. The van der Waals surface area contributed by atoms with Crippen LogP contribution in [0.25, 0.3) is 0 Å². The van der Waals surface area contributed by atoms with E-state index in [1.54, 1.807) is 24.3 Å². The number of carboxylic acids is 1. The maximum absolute atomic E-state index is 10.4. The summed E-state index contributed by atoms with van der Waals surface area (Å²) >= 11 is 0. The Labute approximate surface area is 167 Å². The summed E-state index contributed by atoms with van der Waals surface area (Å²) in [5, 5.41) is 38.8. The molecule has 0 radical (unpaired) electrons. The second-order valence-electron chi connectivity index (χ2n) is 6.92. The van der Waals surface area contributed by atoms with Gasteiger partial charge in [0.05, 0.1) is 24.4 Å². The zero-order chi connectivity index (χ0) is 20.8. The monoisotopic (exact) mass is 394 g/mol. The number of aliphatic hydroxyl groups is 3. The van der Waals surface area contributed by atoms with Crippen LogP contribution in [-0.4, -0.2) is 56.9 Å². The van der Waals surface area contributed by atoms with Crippen molar-refractivity contribution in [2.24, 2.45) is 0 Å². The first-order valence-corrected chi connectivity index (χ1v) is 9.98. The lowest BCUT2D eigenvalue weighted by Gasteiger charge is -2.16. The summed E-state index contributed by atoms with van der Waals surface area (Å²) in [6, 6.07) is 0. The quantitative estimate of drug-likeness (QED) is 0.358. The number of allylic oxidation sites excluding steroid dienone is 4. The molecule has 0 saturated carbocycles. The minimum absolute atomic E-state index is 0.0683. The van der Waals surface area contributed by atoms with E-state index in [1.165, 1.54) is 0 Å². The topological polar surface area (TPSA) is 107 Å². The molecule has 0 spiro atoms. The van der Waals surface area contributed by atoms with Gasteiger partial charge in [-0.1, -0.05) is 55.5 Å². The van der Waals surface area contributed by atoms with Crippen molar-refractivity contribution in [3.63, 3.8) is 0 Å². The lowest BCUT2D eigenvalue weighted by molar-refractivity contribution is -0.136. The molecule has 0 bridgehead atoms. The highest BCUT2D eigenvalue weighted by Crippen LogP contribution is 2.25. The van der Waals surface area contributed by atoms with Crippen LogP contribution in [-0.2, 0) is 9.53 Å². The van der Waals surface area contributed by atoms with Crippen LogP contribution in [0.3, 0.4) is 0 Å². The molecule has 6 heteroatoms. The van der Waals surface area contributed by atoms with E-state index in [4.69, 9.17) is 9.84 Å². The van der Waals surface area contributed by atoms with Gasteiger partial charge in [-0.25, -0.2) is 0 Å². The first-order chi connectivity index (χ1) is 13.4. The van der Waals surface area contributed by atoms with Crippen molar-refractivity contribution in [2.75, 3.05) is 0 Å². The van der Waals surface area contributed by atoms with Crippen molar-refractivity contribution in [1.29, 1.82) is 0 Å². The van der Waals surface area contributed by atoms with Gasteiger partial charge in [0.2, 0.25) is 0 Å². The molecule has 158 valence electrons. The van der Waals surface area contributed by atoms with Gasteiger partial charge >= 0.3 is 5.97 Å². The van der Waals surface area contributed by atoms with Crippen molar-refractivity contribution in [1.82, 2.24) is 0 Å². The largest absolute Gasteiger partial charge is 0.481 e. The zero-order valence-electron chi connectivity index (χ0n) is 16.6. The van der Waals surface area contributed by atoms with Crippen molar-refractivity contribution in [3.05, 3.63) is 48.6 Å². The van der Waals surface area contributed by atoms with Crippen molar-refractivity contribution >= 4 is 5.97 Å². The zero-order valence-corrected chi connectivity index (χ0v) is 16.6. The van der Waals surface area contributed by atoms with E-state index >= 15 is 0 Å². The van der Waals surface area contributed by atoms with E-state index in [9.17, 15) is 20.1 Å². The van der Waals surface area contributed by atoms with Gasteiger partial charge < -0.3 is 25.2 Å². The molecule has 0 amide bonds. The van der Waals surface area contributed by atoms with Gasteiger partial charge in [-0.05, 0) is 32.1 Å². The van der Waals surface area contributed by atoms with E-state index < -0.39 is 36.5 Å². The molecule has 1 heterocycles. The van der Waals surface area contributed by atoms with Crippen LogP contribution in [0.4, 0.5) is 0 Å². The van der Waals surface area contributed by atoms with Gasteiger partial charge in [0.15, 0.2) is 0 Å². The standard InChI is InChI=1S/C22H34O6/c1-2-3-4-5-6-9-12-18(24)21-16-19(25)20(28-21)15-14-17(23)11-8-7-10-13-22(26)27/h3-4,6-9,14-15,17-21,23-25H,2,5,10-13,16H2,1H3,(H,26,27)/b4-3-,8-7-,9-6-,15-14+/t17-,18+,19+,20+,21-/m1/s1. The number of ether oxygens (including phenoxy) is 1. The Hall–Kier alpha value is -1.73. The van der Waals surface area contributed by atoms with E-state index in [0.29, 0.717) is 25.7 Å². The van der Waals surface area contributed by atoms with Crippen molar-refractivity contribution in [3.8, 4) is 0 Å². The van der Waals surface area contributed by atoms with Crippen LogP contribution in [0.15, 0.2) is 48.6 Å². The lowest BCUT2D eigenvalue weighted by Crippen LogP contribution is -2.25. The Kier molecular flexibility index (Phi) is 12.4. The number of hydrogen-bond donors (Lipinski definition) is 4. The molecule has 1 saturated heterocycles. The molecular formula is C22H34O6. The number of carbonyl (C=O) groups is 1. The number of rotatable bonds is 13. The highest BCUT2D eigenvalue weighted by Gasteiger charge is 2.35. The maximum Gasteiger partial charge on any atom is 0.303 e. The van der Waals surface area contributed by atoms with Gasteiger partial charge in [-0.2, -0.15) is 0 Å². The molecule has 4 N–H and O–H groups in total. The van der Waals surface area contributed by atoms with E-state index in [-0.39, 0.29) is 6.42 Å². The summed E-state index contributed by atoms with van der Waals surface area (Å²) < 4.78 is 5.72. The predicted octanol–water partition coefficient (Wildman–Crippen LogP) is 2.90. The van der Waals surface area contributed by atoms with E-state index in [2.05, 4.69) is 19.1 Å². The van der Waals surface area contributed by atoms with Crippen LogP contribution in [0.1, 0.15) is 51.9 Å². The van der Waals surface area contributed by atoms with Crippen LogP contribution in [0.2, 0.25) is 0 Å². The third-order valence-corrected chi connectivity index (χ3v) is 4.42. The van der Waals surface area contributed by atoms with Gasteiger partial charge in [0, 0.05) is 12.8 Å². The first kappa shape index (κ1) is 24.3. The maximum atomic E-state index is 10.4. The Bertz CT molecular complexity index is 551. The molecule has 0 aliphatic carbocycles.